The van der Waals surface area contributed by atoms with Gasteiger partial charge in [-0.3, -0.25) is 5.10 Å². The van der Waals surface area contributed by atoms with Crippen molar-refractivity contribution in [2.45, 2.75) is 6.92 Å². The molecule has 0 atom stereocenters. The molecule has 0 fully saturated rings. The van der Waals surface area contributed by atoms with Crippen molar-refractivity contribution in [3.63, 3.8) is 0 Å². The van der Waals surface area contributed by atoms with Crippen LogP contribution in [0.25, 0.3) is 21.0 Å². The molecule has 0 saturated carbocycles. The van der Waals surface area contributed by atoms with Gasteiger partial charge in [-0.2, -0.15) is 5.10 Å². The first-order chi connectivity index (χ1) is 7.24. The zero-order valence-corrected chi connectivity index (χ0v) is 10.7. The summed E-state index contributed by atoms with van der Waals surface area (Å²) in [6.07, 6.45) is 1.73. The minimum absolute atomic E-state index is 0.673. The maximum absolute atomic E-state index is 5.47. The molecule has 3 heterocycles. The third-order valence-corrected chi connectivity index (χ3v) is 4.29. The number of H-pyrrole nitrogens is 1. The predicted octanol–water partition coefficient (Wildman–Crippen LogP) is 3.19. The summed E-state index contributed by atoms with van der Waals surface area (Å²) in [6.45, 7) is 1.89. The molecule has 15 heavy (non-hydrogen) atoms. The fourth-order valence-electron chi connectivity index (χ4n) is 1.36. The van der Waals surface area contributed by atoms with Crippen LogP contribution in [0, 0.1) is 10.6 Å². The molecule has 6 heteroatoms. The van der Waals surface area contributed by atoms with Gasteiger partial charge in [0, 0.05) is 0 Å². The fraction of sp³-hybridized carbons (Fsp3) is 0.111. The van der Waals surface area contributed by atoms with Gasteiger partial charge in [-0.1, -0.05) is 0 Å². The van der Waals surface area contributed by atoms with E-state index >= 15 is 0 Å². The van der Waals surface area contributed by atoms with Gasteiger partial charge in [-0.15, -0.1) is 11.3 Å². The summed E-state index contributed by atoms with van der Waals surface area (Å²) >= 11 is 3.87. The van der Waals surface area contributed by atoms with Crippen LogP contribution in [-0.4, -0.2) is 15.2 Å². The normalized spacial score (nSPS) is 11.3. The van der Waals surface area contributed by atoms with E-state index in [1.165, 1.54) is 0 Å². The van der Waals surface area contributed by atoms with Gasteiger partial charge < -0.3 is 4.42 Å². The fourth-order valence-corrected chi connectivity index (χ4v) is 3.00. The van der Waals surface area contributed by atoms with Gasteiger partial charge in [0.25, 0.3) is 0 Å². The van der Waals surface area contributed by atoms with E-state index < -0.39 is 0 Å². The van der Waals surface area contributed by atoms with Crippen molar-refractivity contribution in [3.8, 4) is 10.8 Å². The number of thiophene rings is 1. The number of aromatic amines is 1. The summed E-state index contributed by atoms with van der Waals surface area (Å²) in [5.41, 5.74) is 0.968. The van der Waals surface area contributed by atoms with E-state index in [4.69, 9.17) is 4.42 Å². The van der Waals surface area contributed by atoms with E-state index in [1.807, 2.05) is 13.0 Å². The molecular formula is C9H6IN3OS. The third-order valence-electron chi connectivity index (χ3n) is 2.02. The highest BCUT2D eigenvalue weighted by Gasteiger charge is 2.12. The molecule has 0 aliphatic carbocycles. The van der Waals surface area contributed by atoms with E-state index in [0.717, 1.165) is 24.6 Å². The number of nitrogens with one attached hydrogen (secondary N) is 1. The van der Waals surface area contributed by atoms with Crippen molar-refractivity contribution < 1.29 is 4.42 Å². The van der Waals surface area contributed by atoms with Gasteiger partial charge in [0.2, 0.25) is 5.89 Å². The number of rotatable bonds is 1. The largest absolute Gasteiger partial charge is 0.441 e. The minimum atomic E-state index is 0.673. The van der Waals surface area contributed by atoms with Crippen LogP contribution in [-0.2, 0) is 0 Å². The van der Waals surface area contributed by atoms with Crippen molar-refractivity contribution in [1.82, 2.24) is 15.2 Å². The van der Waals surface area contributed by atoms with Crippen LogP contribution in [0.2, 0.25) is 0 Å². The highest BCUT2D eigenvalue weighted by Crippen LogP contribution is 2.34. The maximum Gasteiger partial charge on any atom is 0.236 e. The smallest absolute Gasteiger partial charge is 0.236 e. The maximum atomic E-state index is 5.47. The lowest BCUT2D eigenvalue weighted by atomic mass is 10.4. The summed E-state index contributed by atoms with van der Waals surface area (Å²) in [5, 5.41) is 7.12. The van der Waals surface area contributed by atoms with Crippen LogP contribution < -0.4 is 0 Å². The third kappa shape index (κ3) is 1.48. The number of hydrogen-bond donors (Lipinski definition) is 1. The zero-order chi connectivity index (χ0) is 10.4. The summed E-state index contributed by atoms with van der Waals surface area (Å²) in [6, 6.07) is 1.99. The van der Waals surface area contributed by atoms with Crippen LogP contribution in [0.3, 0.4) is 0 Å². The van der Waals surface area contributed by atoms with Gasteiger partial charge in [0.1, 0.15) is 15.0 Å². The average Bonchev–Trinajstić information content (AvgIpc) is 2.84. The highest BCUT2D eigenvalue weighted by molar-refractivity contribution is 14.1. The summed E-state index contributed by atoms with van der Waals surface area (Å²) in [7, 11) is 0. The lowest BCUT2D eigenvalue weighted by molar-refractivity contribution is 0.544. The number of oxazole rings is 1. The minimum Gasteiger partial charge on any atom is -0.441 e. The lowest BCUT2D eigenvalue weighted by Crippen LogP contribution is -1.70. The van der Waals surface area contributed by atoms with Crippen LogP contribution in [0.1, 0.15) is 5.76 Å². The Morgan fingerprint density at radius 3 is 3.07 bits per heavy atom. The Morgan fingerprint density at radius 2 is 2.40 bits per heavy atom. The molecule has 0 radical (unpaired) electrons. The Bertz CT molecular complexity index is 624. The van der Waals surface area contributed by atoms with Crippen LogP contribution in [0.4, 0.5) is 0 Å². The molecular weight excluding hydrogens is 325 g/mol. The molecule has 0 saturated heterocycles. The van der Waals surface area contributed by atoms with Crippen molar-refractivity contribution in [2.75, 3.05) is 0 Å². The highest BCUT2D eigenvalue weighted by atomic mass is 127. The zero-order valence-electron chi connectivity index (χ0n) is 7.74. The molecule has 0 spiro atoms. The van der Waals surface area contributed by atoms with E-state index in [2.05, 4.69) is 37.8 Å². The second kappa shape index (κ2) is 3.31. The van der Waals surface area contributed by atoms with Crippen molar-refractivity contribution in [1.29, 1.82) is 0 Å². The van der Waals surface area contributed by atoms with E-state index in [1.54, 1.807) is 17.5 Å². The van der Waals surface area contributed by atoms with E-state index in [0.29, 0.717) is 5.89 Å². The molecule has 4 nitrogen and oxygen atoms in total. The monoisotopic (exact) mass is 331 g/mol. The molecule has 3 rings (SSSR count). The topological polar surface area (TPSA) is 54.7 Å². The van der Waals surface area contributed by atoms with Crippen LogP contribution in [0.5, 0.6) is 0 Å². The predicted molar refractivity (Wildman–Crippen MR) is 66.9 cm³/mol. The van der Waals surface area contributed by atoms with Gasteiger partial charge in [-0.05, 0) is 35.6 Å². The summed E-state index contributed by atoms with van der Waals surface area (Å²) in [4.78, 5) is 5.21. The van der Waals surface area contributed by atoms with Gasteiger partial charge in [0.05, 0.1) is 15.8 Å². The molecule has 0 amide bonds. The number of nitrogens with zero attached hydrogens (tertiary/aromatic N) is 2. The SMILES string of the molecule is Cc1cnc(-c2cc3n[nH]c(I)c3s2)o1. The first-order valence-electron chi connectivity index (χ1n) is 4.30. The molecule has 0 aromatic carbocycles. The van der Waals surface area contributed by atoms with Gasteiger partial charge in [-0.25, -0.2) is 4.98 Å². The first kappa shape index (κ1) is 9.34. The Labute approximate surface area is 103 Å². The first-order valence-corrected chi connectivity index (χ1v) is 6.20. The van der Waals surface area contributed by atoms with Crippen LogP contribution >= 0.6 is 33.9 Å². The molecule has 0 bridgehead atoms. The molecule has 0 aliphatic rings. The summed E-state index contributed by atoms with van der Waals surface area (Å²) < 4.78 is 7.68. The number of aryl methyl sites for hydroxylation is 1. The Hall–Kier alpha value is -0.890. The number of fused-ring (bicyclic) bond motifs is 1. The van der Waals surface area contributed by atoms with Crippen molar-refractivity contribution >= 4 is 44.1 Å². The Kier molecular flexibility index (Phi) is 2.06. The Balaban J connectivity index is 2.19. The molecule has 1 N–H and O–H groups in total. The number of halogens is 1. The second-order valence-corrected chi connectivity index (χ2v) is 5.27. The number of aromatic nitrogens is 3. The average molecular weight is 331 g/mol. The van der Waals surface area contributed by atoms with Gasteiger partial charge in [0.15, 0.2) is 0 Å². The van der Waals surface area contributed by atoms with E-state index in [9.17, 15) is 0 Å². The lowest BCUT2D eigenvalue weighted by Gasteiger charge is -1.86. The second-order valence-electron chi connectivity index (χ2n) is 3.14. The quantitative estimate of drug-likeness (QED) is 0.697. The Morgan fingerprint density at radius 1 is 1.53 bits per heavy atom. The molecule has 3 aromatic rings. The standard InChI is InChI=1S/C9H6IN3OS/c1-4-3-11-9(14-4)6-2-5-7(15-6)8(10)13-12-5/h2-3H,1H3,(H,12,13). The molecule has 76 valence electrons. The summed E-state index contributed by atoms with van der Waals surface area (Å²) in [5.74, 6) is 1.50. The van der Waals surface area contributed by atoms with Crippen molar-refractivity contribution in [3.05, 3.63) is 21.7 Å². The number of hydrogen-bond acceptors (Lipinski definition) is 4. The van der Waals surface area contributed by atoms with E-state index in [-0.39, 0.29) is 0 Å². The van der Waals surface area contributed by atoms with Crippen molar-refractivity contribution in [2.24, 2.45) is 0 Å². The van der Waals surface area contributed by atoms with Crippen LogP contribution in [0.15, 0.2) is 16.7 Å². The van der Waals surface area contributed by atoms with Gasteiger partial charge >= 0.3 is 0 Å². The molecule has 3 aromatic heterocycles. The molecule has 0 unspecified atom stereocenters. The molecule has 0 aliphatic heterocycles.